The number of hydrogen-bond acceptors (Lipinski definition) is 1. The standard InChI is InChI=1S/C14H10BrF2NO/c1-8-6-10(3-5-12(8)16)18-14(19)11-7-9(15)2-4-13(11)17/h2-7H,1H3,(H,18,19). The van der Waals surface area contributed by atoms with Gasteiger partial charge in [-0.2, -0.15) is 0 Å². The van der Waals surface area contributed by atoms with Crippen molar-refractivity contribution in [3.05, 3.63) is 63.6 Å². The molecule has 5 heteroatoms. The van der Waals surface area contributed by atoms with Crippen molar-refractivity contribution in [2.45, 2.75) is 6.92 Å². The second-order valence-corrected chi connectivity index (χ2v) is 4.96. The van der Waals surface area contributed by atoms with Crippen molar-refractivity contribution < 1.29 is 13.6 Å². The first-order valence-corrected chi connectivity index (χ1v) is 6.29. The van der Waals surface area contributed by atoms with Crippen LogP contribution in [0, 0.1) is 18.6 Å². The highest BCUT2D eigenvalue weighted by Gasteiger charge is 2.12. The quantitative estimate of drug-likeness (QED) is 0.876. The summed E-state index contributed by atoms with van der Waals surface area (Å²) in [5.41, 5.74) is 0.757. The van der Waals surface area contributed by atoms with Gasteiger partial charge in [-0.15, -0.1) is 0 Å². The maximum atomic E-state index is 13.5. The molecule has 1 N–H and O–H groups in total. The van der Waals surface area contributed by atoms with Gasteiger partial charge in [-0.1, -0.05) is 15.9 Å². The van der Waals surface area contributed by atoms with E-state index in [2.05, 4.69) is 21.2 Å². The number of halogens is 3. The summed E-state index contributed by atoms with van der Waals surface area (Å²) in [6.07, 6.45) is 0. The first kappa shape index (κ1) is 13.7. The third kappa shape index (κ3) is 3.17. The summed E-state index contributed by atoms with van der Waals surface area (Å²) < 4.78 is 27.2. The Morgan fingerprint density at radius 2 is 1.79 bits per heavy atom. The molecule has 0 radical (unpaired) electrons. The van der Waals surface area contributed by atoms with Crippen LogP contribution < -0.4 is 5.32 Å². The predicted octanol–water partition coefficient (Wildman–Crippen LogP) is 4.29. The molecule has 2 aromatic carbocycles. The highest BCUT2D eigenvalue weighted by molar-refractivity contribution is 9.10. The van der Waals surface area contributed by atoms with Gasteiger partial charge in [0.25, 0.3) is 5.91 Å². The minimum Gasteiger partial charge on any atom is -0.322 e. The molecule has 0 aliphatic rings. The molecule has 0 atom stereocenters. The molecule has 2 aromatic rings. The van der Waals surface area contributed by atoms with Gasteiger partial charge in [-0.3, -0.25) is 4.79 Å². The van der Waals surface area contributed by atoms with E-state index < -0.39 is 11.7 Å². The monoisotopic (exact) mass is 325 g/mol. The van der Waals surface area contributed by atoms with Crippen molar-refractivity contribution in [3.63, 3.8) is 0 Å². The number of nitrogens with one attached hydrogen (secondary N) is 1. The Bertz CT molecular complexity index is 643. The molecule has 0 aromatic heterocycles. The van der Waals surface area contributed by atoms with Crippen LogP contribution >= 0.6 is 15.9 Å². The molecule has 2 rings (SSSR count). The summed E-state index contributed by atoms with van der Waals surface area (Å²) in [5.74, 6) is -1.55. The van der Waals surface area contributed by atoms with E-state index in [1.165, 1.54) is 36.4 Å². The predicted molar refractivity (Wildman–Crippen MR) is 73.2 cm³/mol. The molecule has 2 nitrogen and oxygen atoms in total. The molecule has 0 saturated heterocycles. The van der Waals surface area contributed by atoms with E-state index in [4.69, 9.17) is 0 Å². The lowest BCUT2D eigenvalue weighted by Crippen LogP contribution is -2.14. The van der Waals surface area contributed by atoms with Gasteiger partial charge in [0.2, 0.25) is 0 Å². The molecule has 0 heterocycles. The number of anilines is 1. The molecular formula is C14H10BrF2NO. The molecule has 0 unspecified atom stereocenters. The van der Waals surface area contributed by atoms with E-state index in [0.717, 1.165) is 0 Å². The van der Waals surface area contributed by atoms with Crippen molar-refractivity contribution in [1.82, 2.24) is 0 Å². The normalized spacial score (nSPS) is 10.3. The third-order valence-corrected chi connectivity index (χ3v) is 3.08. The lowest BCUT2D eigenvalue weighted by Gasteiger charge is -2.07. The highest BCUT2D eigenvalue weighted by atomic mass is 79.9. The largest absolute Gasteiger partial charge is 0.322 e. The first-order chi connectivity index (χ1) is 8.97. The minimum absolute atomic E-state index is 0.0728. The molecule has 0 aliphatic heterocycles. The van der Waals surface area contributed by atoms with Crippen molar-refractivity contribution >= 4 is 27.5 Å². The van der Waals surface area contributed by atoms with Crippen molar-refractivity contribution in [3.8, 4) is 0 Å². The van der Waals surface area contributed by atoms with E-state index in [0.29, 0.717) is 15.7 Å². The van der Waals surface area contributed by atoms with Crippen LogP contribution in [0.25, 0.3) is 0 Å². The summed E-state index contributed by atoms with van der Waals surface area (Å²) in [5, 5.41) is 2.53. The molecular weight excluding hydrogens is 316 g/mol. The van der Waals surface area contributed by atoms with E-state index in [1.807, 2.05) is 0 Å². The summed E-state index contributed by atoms with van der Waals surface area (Å²) in [6.45, 7) is 1.59. The Morgan fingerprint density at radius 1 is 1.11 bits per heavy atom. The van der Waals surface area contributed by atoms with Gasteiger partial charge in [-0.25, -0.2) is 8.78 Å². The lowest BCUT2D eigenvalue weighted by molar-refractivity contribution is 0.102. The molecule has 0 saturated carbocycles. The number of carbonyl (C=O) groups excluding carboxylic acids is 1. The molecule has 0 bridgehead atoms. The summed E-state index contributed by atoms with van der Waals surface area (Å²) >= 11 is 3.17. The zero-order valence-electron chi connectivity index (χ0n) is 10.0. The van der Waals surface area contributed by atoms with Crippen LogP contribution in [0.1, 0.15) is 15.9 Å². The summed E-state index contributed by atoms with van der Waals surface area (Å²) in [4.78, 5) is 11.9. The number of amides is 1. The Labute approximate surface area is 117 Å². The lowest BCUT2D eigenvalue weighted by atomic mass is 10.1. The Hall–Kier alpha value is -1.75. The van der Waals surface area contributed by atoms with Crippen molar-refractivity contribution in [2.24, 2.45) is 0 Å². The second-order valence-electron chi connectivity index (χ2n) is 4.04. The fourth-order valence-electron chi connectivity index (χ4n) is 1.59. The molecule has 98 valence electrons. The fraction of sp³-hybridized carbons (Fsp3) is 0.0714. The van der Waals surface area contributed by atoms with Gasteiger partial charge in [0.1, 0.15) is 11.6 Å². The smallest absolute Gasteiger partial charge is 0.258 e. The third-order valence-electron chi connectivity index (χ3n) is 2.59. The number of benzene rings is 2. The van der Waals surface area contributed by atoms with Crippen LogP contribution in [-0.2, 0) is 0 Å². The van der Waals surface area contributed by atoms with Gasteiger partial charge in [0.05, 0.1) is 5.56 Å². The second kappa shape index (κ2) is 5.48. The zero-order chi connectivity index (χ0) is 14.0. The SMILES string of the molecule is Cc1cc(NC(=O)c2cc(Br)ccc2F)ccc1F. The van der Waals surface area contributed by atoms with Crippen LogP contribution in [0.2, 0.25) is 0 Å². The van der Waals surface area contributed by atoms with Gasteiger partial charge < -0.3 is 5.32 Å². The zero-order valence-corrected chi connectivity index (χ0v) is 11.6. The minimum atomic E-state index is -0.612. The van der Waals surface area contributed by atoms with Gasteiger partial charge in [-0.05, 0) is 48.9 Å². The number of rotatable bonds is 2. The van der Waals surface area contributed by atoms with Gasteiger partial charge in [0.15, 0.2) is 0 Å². The average molecular weight is 326 g/mol. The number of carbonyl (C=O) groups is 1. The van der Waals surface area contributed by atoms with Crippen LogP contribution in [0.3, 0.4) is 0 Å². The first-order valence-electron chi connectivity index (χ1n) is 5.50. The van der Waals surface area contributed by atoms with Crippen molar-refractivity contribution in [2.75, 3.05) is 5.32 Å². The summed E-state index contributed by atoms with van der Waals surface area (Å²) in [7, 11) is 0. The van der Waals surface area contributed by atoms with Crippen LogP contribution in [0.5, 0.6) is 0 Å². The van der Waals surface area contributed by atoms with E-state index in [-0.39, 0.29) is 11.4 Å². The van der Waals surface area contributed by atoms with Crippen LogP contribution in [-0.4, -0.2) is 5.91 Å². The Kier molecular flexibility index (Phi) is 3.95. The molecule has 0 fully saturated rings. The Morgan fingerprint density at radius 3 is 2.47 bits per heavy atom. The van der Waals surface area contributed by atoms with E-state index in [1.54, 1.807) is 6.92 Å². The van der Waals surface area contributed by atoms with Crippen LogP contribution in [0.15, 0.2) is 40.9 Å². The number of hydrogen-bond donors (Lipinski definition) is 1. The fourth-order valence-corrected chi connectivity index (χ4v) is 1.95. The molecule has 1 amide bonds. The van der Waals surface area contributed by atoms with Crippen LogP contribution in [0.4, 0.5) is 14.5 Å². The maximum Gasteiger partial charge on any atom is 0.258 e. The van der Waals surface area contributed by atoms with E-state index in [9.17, 15) is 13.6 Å². The molecule has 19 heavy (non-hydrogen) atoms. The van der Waals surface area contributed by atoms with Gasteiger partial charge in [0, 0.05) is 10.2 Å². The van der Waals surface area contributed by atoms with Gasteiger partial charge >= 0.3 is 0 Å². The Balaban J connectivity index is 2.25. The summed E-state index contributed by atoms with van der Waals surface area (Å²) in [6, 6.07) is 8.27. The molecule has 0 spiro atoms. The molecule has 0 aliphatic carbocycles. The maximum absolute atomic E-state index is 13.5. The number of aryl methyl sites for hydroxylation is 1. The highest BCUT2D eigenvalue weighted by Crippen LogP contribution is 2.18. The van der Waals surface area contributed by atoms with E-state index >= 15 is 0 Å². The topological polar surface area (TPSA) is 29.1 Å². The van der Waals surface area contributed by atoms with Crippen molar-refractivity contribution in [1.29, 1.82) is 0 Å². The average Bonchev–Trinajstić information content (AvgIpc) is 2.36.